The van der Waals surface area contributed by atoms with E-state index >= 15 is 0 Å². The topological polar surface area (TPSA) is 115 Å². The Hall–Kier alpha value is -1.89. The van der Waals surface area contributed by atoms with Crippen LogP contribution in [0.4, 0.5) is 0 Å². The normalized spacial score (nSPS) is 11.8. The smallest absolute Gasteiger partial charge is 0.309 e. The van der Waals surface area contributed by atoms with Gasteiger partial charge < -0.3 is 24.6 Å². The van der Waals surface area contributed by atoms with Gasteiger partial charge in [0.05, 0.1) is 39.0 Å². The second-order valence-electron chi connectivity index (χ2n) is 11.0. The molecule has 0 heterocycles. The van der Waals surface area contributed by atoms with E-state index in [-0.39, 0.29) is 43.4 Å². The molecule has 0 saturated heterocycles. The predicted molar refractivity (Wildman–Crippen MR) is 152 cm³/mol. The van der Waals surface area contributed by atoms with Crippen molar-refractivity contribution in [2.24, 2.45) is 0 Å². The van der Waals surface area contributed by atoms with Gasteiger partial charge in [-0.15, -0.1) is 0 Å². The molecule has 0 aliphatic carbocycles. The van der Waals surface area contributed by atoms with Crippen molar-refractivity contribution in [3.63, 3.8) is 0 Å². The van der Waals surface area contributed by atoms with E-state index in [0.29, 0.717) is 6.54 Å². The van der Waals surface area contributed by atoms with E-state index < -0.39 is 17.9 Å². The molecule has 0 fully saturated rings. The Morgan fingerprint density at radius 2 is 0.921 bits per heavy atom. The minimum absolute atomic E-state index is 0.0951. The third kappa shape index (κ3) is 24.4. The molecule has 0 aromatic carbocycles. The quantitative estimate of drug-likeness (QED) is 0.0638. The molecule has 7 nitrogen and oxygen atoms in total. The van der Waals surface area contributed by atoms with Gasteiger partial charge in [0, 0.05) is 12.4 Å². The number of quaternary nitrogens is 1. The van der Waals surface area contributed by atoms with Crippen LogP contribution in [0.3, 0.4) is 0 Å². The largest absolute Gasteiger partial charge is 0.550 e. The number of hydrogen-bond acceptors (Lipinski definition) is 4. The Labute approximate surface area is 232 Å². The van der Waals surface area contributed by atoms with Crippen molar-refractivity contribution < 1.29 is 34.2 Å². The minimum Gasteiger partial charge on any atom is -0.550 e. The summed E-state index contributed by atoms with van der Waals surface area (Å²) in [6.45, 7) is 3.60. The van der Waals surface area contributed by atoms with E-state index in [1.807, 2.05) is 0 Å². The van der Waals surface area contributed by atoms with Crippen molar-refractivity contribution in [2.75, 3.05) is 26.2 Å². The number of rotatable bonds is 29. The fourth-order valence-electron chi connectivity index (χ4n) is 5.07. The lowest BCUT2D eigenvalue weighted by Crippen LogP contribution is -2.53. The van der Waals surface area contributed by atoms with Crippen LogP contribution < -0.4 is 5.11 Å². The number of carbonyl (C=O) groups is 3. The Morgan fingerprint density at radius 3 is 1.32 bits per heavy atom. The number of carbonyl (C=O) groups excluding carboxylic acids is 1. The van der Waals surface area contributed by atoms with Gasteiger partial charge in [0.2, 0.25) is 0 Å². The molecule has 0 bridgehead atoms. The molecule has 0 saturated carbocycles. The Morgan fingerprint density at radius 1 is 0.553 bits per heavy atom. The standard InChI is InChI=1S/C31H57NO6/c1-2-3-4-5-6-7-8-9-10-11-12-13-14-15-16-17-18-19-20-21-25-32(26-22-29(33)34,27-23-30(35)36)28-24-31(37)38/h9-10H,2-8,11-28H2,1H3,(H2-,33,34,35,36,37,38)/b10-9+. The van der Waals surface area contributed by atoms with Gasteiger partial charge in [-0.3, -0.25) is 9.59 Å². The summed E-state index contributed by atoms with van der Waals surface area (Å²) >= 11 is 0. The molecule has 7 heteroatoms. The van der Waals surface area contributed by atoms with E-state index in [1.54, 1.807) is 0 Å². The van der Waals surface area contributed by atoms with Crippen LogP contribution in [0.5, 0.6) is 0 Å². The predicted octanol–water partition coefficient (Wildman–Crippen LogP) is 6.49. The van der Waals surface area contributed by atoms with Crippen LogP contribution in [0.2, 0.25) is 0 Å². The van der Waals surface area contributed by atoms with Gasteiger partial charge >= 0.3 is 11.9 Å². The maximum Gasteiger partial charge on any atom is 0.309 e. The summed E-state index contributed by atoms with van der Waals surface area (Å²) in [5, 5.41) is 29.3. The van der Waals surface area contributed by atoms with Crippen LogP contribution >= 0.6 is 0 Å². The highest BCUT2D eigenvalue weighted by Crippen LogP contribution is 2.17. The zero-order chi connectivity index (χ0) is 28.3. The average molecular weight is 540 g/mol. The molecule has 222 valence electrons. The van der Waals surface area contributed by atoms with Crippen LogP contribution in [-0.4, -0.2) is 58.8 Å². The van der Waals surface area contributed by atoms with Crippen molar-refractivity contribution in [3.05, 3.63) is 12.2 Å². The first-order chi connectivity index (χ1) is 18.3. The molecule has 0 radical (unpaired) electrons. The summed E-state index contributed by atoms with van der Waals surface area (Å²) in [7, 11) is 0. The molecule has 0 amide bonds. The maximum atomic E-state index is 11.1. The fraction of sp³-hybridized carbons (Fsp3) is 0.839. The minimum atomic E-state index is -1.18. The molecule has 0 aliphatic heterocycles. The van der Waals surface area contributed by atoms with Crippen molar-refractivity contribution in [1.29, 1.82) is 0 Å². The molecular formula is C31H57NO6. The molecule has 0 aliphatic rings. The highest BCUT2D eigenvalue weighted by molar-refractivity contribution is 5.67. The molecule has 0 aromatic rings. The van der Waals surface area contributed by atoms with E-state index in [9.17, 15) is 19.5 Å². The third-order valence-electron chi connectivity index (χ3n) is 7.53. The number of allylic oxidation sites excluding steroid dienone is 2. The molecular weight excluding hydrogens is 482 g/mol. The van der Waals surface area contributed by atoms with Gasteiger partial charge in [0.25, 0.3) is 0 Å². The number of unbranched alkanes of at least 4 members (excludes halogenated alkanes) is 16. The van der Waals surface area contributed by atoms with Crippen molar-refractivity contribution in [2.45, 2.75) is 142 Å². The second kappa shape index (κ2) is 25.4. The van der Waals surface area contributed by atoms with E-state index in [0.717, 1.165) is 19.3 Å². The number of carboxylic acids is 3. The lowest BCUT2D eigenvalue weighted by molar-refractivity contribution is -0.927. The SMILES string of the molecule is CCCCCCCC/C=C/CCCCCCCCCCCC[N+](CCC(=O)[O-])(CCC(=O)O)CCC(=O)O. The Kier molecular flexibility index (Phi) is 24.1. The van der Waals surface area contributed by atoms with Gasteiger partial charge in [-0.05, 0) is 38.5 Å². The monoisotopic (exact) mass is 539 g/mol. The zero-order valence-corrected chi connectivity index (χ0v) is 24.3. The summed E-state index contributed by atoms with van der Waals surface area (Å²) in [5.74, 6) is -3.08. The summed E-state index contributed by atoms with van der Waals surface area (Å²) in [5.41, 5.74) is 0. The highest BCUT2D eigenvalue weighted by atomic mass is 16.4. The Bertz CT molecular complexity index is 588. The molecule has 0 aromatic heterocycles. The maximum absolute atomic E-state index is 11.1. The number of nitrogens with zero attached hydrogens (tertiary/aromatic N) is 1. The van der Waals surface area contributed by atoms with Crippen molar-refractivity contribution >= 4 is 17.9 Å². The van der Waals surface area contributed by atoms with Gasteiger partial charge in [-0.1, -0.05) is 96.1 Å². The van der Waals surface area contributed by atoms with E-state index in [1.165, 1.54) is 96.3 Å². The molecule has 38 heavy (non-hydrogen) atoms. The van der Waals surface area contributed by atoms with Crippen molar-refractivity contribution in [3.8, 4) is 0 Å². The molecule has 0 rings (SSSR count). The Balaban J connectivity index is 3.91. The van der Waals surface area contributed by atoms with Gasteiger partial charge in [-0.2, -0.15) is 0 Å². The van der Waals surface area contributed by atoms with Crippen LogP contribution in [0, 0.1) is 0 Å². The molecule has 0 spiro atoms. The van der Waals surface area contributed by atoms with Gasteiger partial charge in [-0.25, -0.2) is 0 Å². The lowest BCUT2D eigenvalue weighted by Gasteiger charge is -2.38. The molecule has 2 N–H and O–H groups in total. The van der Waals surface area contributed by atoms with Gasteiger partial charge in [0.1, 0.15) is 0 Å². The van der Waals surface area contributed by atoms with E-state index in [2.05, 4.69) is 19.1 Å². The third-order valence-corrected chi connectivity index (χ3v) is 7.53. The van der Waals surface area contributed by atoms with E-state index in [4.69, 9.17) is 10.2 Å². The van der Waals surface area contributed by atoms with Crippen LogP contribution in [-0.2, 0) is 14.4 Å². The van der Waals surface area contributed by atoms with Crippen molar-refractivity contribution in [1.82, 2.24) is 0 Å². The first-order valence-corrected chi connectivity index (χ1v) is 15.4. The molecule has 0 unspecified atom stereocenters. The van der Waals surface area contributed by atoms with Crippen LogP contribution in [0.25, 0.3) is 0 Å². The lowest BCUT2D eigenvalue weighted by atomic mass is 10.0. The summed E-state index contributed by atoms with van der Waals surface area (Å²) in [6.07, 6.45) is 26.7. The zero-order valence-electron chi connectivity index (χ0n) is 24.3. The first-order valence-electron chi connectivity index (χ1n) is 15.4. The number of hydrogen-bond donors (Lipinski definition) is 2. The highest BCUT2D eigenvalue weighted by Gasteiger charge is 2.28. The average Bonchev–Trinajstić information content (AvgIpc) is 2.88. The first kappa shape index (κ1) is 36.1. The fourth-order valence-corrected chi connectivity index (χ4v) is 5.07. The van der Waals surface area contributed by atoms with Crippen LogP contribution in [0.1, 0.15) is 142 Å². The number of carboxylic acid groups (broad SMARTS) is 3. The van der Waals surface area contributed by atoms with Crippen LogP contribution in [0.15, 0.2) is 12.2 Å². The number of aliphatic carboxylic acids is 3. The second-order valence-corrected chi connectivity index (χ2v) is 11.0. The summed E-state index contributed by atoms with van der Waals surface area (Å²) in [4.78, 5) is 33.3. The van der Waals surface area contributed by atoms with Gasteiger partial charge in [0.15, 0.2) is 0 Å². The molecule has 0 atom stereocenters. The summed E-state index contributed by atoms with van der Waals surface area (Å²) < 4.78 is 0.223. The summed E-state index contributed by atoms with van der Waals surface area (Å²) in [6, 6.07) is 0.